The average molecular weight is 365 g/mol. The van der Waals surface area contributed by atoms with E-state index in [0.717, 1.165) is 28.6 Å². The van der Waals surface area contributed by atoms with Crippen molar-refractivity contribution in [1.82, 2.24) is 15.2 Å². The summed E-state index contributed by atoms with van der Waals surface area (Å²) in [6.07, 6.45) is 0.740. The van der Waals surface area contributed by atoms with Gasteiger partial charge in [0.15, 0.2) is 5.78 Å². The molecule has 0 saturated heterocycles. The normalized spacial score (nSPS) is 11.0. The first-order chi connectivity index (χ1) is 12.3. The highest BCUT2D eigenvalue weighted by Crippen LogP contribution is 2.20. The van der Waals surface area contributed by atoms with Gasteiger partial charge in [0.1, 0.15) is 5.82 Å². The first kappa shape index (κ1) is 16.1. The molecule has 2 heterocycles. The number of carbonyl (C=O) groups excluding carboxylic acids is 1. The predicted octanol–water partition coefficient (Wildman–Crippen LogP) is 4.59. The molecule has 124 valence electrons. The summed E-state index contributed by atoms with van der Waals surface area (Å²) in [6.45, 7) is 0. The number of hydrogen-bond acceptors (Lipinski definition) is 5. The third-order valence-corrected chi connectivity index (χ3v) is 5.56. The van der Waals surface area contributed by atoms with Crippen LogP contribution in [0.15, 0.2) is 65.1 Å². The van der Waals surface area contributed by atoms with Crippen LogP contribution in [0.5, 0.6) is 0 Å². The van der Waals surface area contributed by atoms with Gasteiger partial charge in [-0.2, -0.15) is 0 Å². The Hall–Kier alpha value is -2.44. The van der Waals surface area contributed by atoms with E-state index in [-0.39, 0.29) is 5.78 Å². The number of thiophene rings is 1. The van der Waals surface area contributed by atoms with E-state index in [9.17, 15) is 4.79 Å². The van der Waals surface area contributed by atoms with Gasteiger partial charge in [0.2, 0.25) is 5.16 Å². The lowest BCUT2D eigenvalue weighted by atomic mass is 10.1. The molecule has 4 rings (SSSR count). The van der Waals surface area contributed by atoms with Gasteiger partial charge < -0.3 is 0 Å². The van der Waals surface area contributed by atoms with E-state index in [1.807, 2.05) is 53.9 Å². The quantitative estimate of drug-likeness (QED) is 0.401. The van der Waals surface area contributed by atoms with Crippen LogP contribution in [-0.2, 0) is 6.42 Å². The third kappa shape index (κ3) is 3.81. The number of ketones is 1. The highest BCUT2D eigenvalue weighted by molar-refractivity contribution is 7.99. The van der Waals surface area contributed by atoms with Gasteiger partial charge in [0, 0.05) is 16.9 Å². The molecule has 6 heteroatoms. The second kappa shape index (κ2) is 7.21. The van der Waals surface area contributed by atoms with E-state index in [2.05, 4.69) is 21.2 Å². The maximum absolute atomic E-state index is 12.4. The summed E-state index contributed by atoms with van der Waals surface area (Å²) in [7, 11) is 0. The van der Waals surface area contributed by atoms with Gasteiger partial charge in [0.05, 0.1) is 5.75 Å². The largest absolute Gasteiger partial charge is 0.293 e. The first-order valence-electron chi connectivity index (χ1n) is 7.86. The lowest BCUT2D eigenvalue weighted by Gasteiger charge is -2.02. The average Bonchev–Trinajstić information content (AvgIpc) is 3.32. The molecule has 0 amide bonds. The molecule has 2 aromatic heterocycles. The number of hydrogen-bond donors (Lipinski definition) is 1. The van der Waals surface area contributed by atoms with E-state index in [4.69, 9.17) is 0 Å². The van der Waals surface area contributed by atoms with E-state index in [0.29, 0.717) is 10.9 Å². The van der Waals surface area contributed by atoms with Gasteiger partial charge >= 0.3 is 0 Å². The van der Waals surface area contributed by atoms with Crippen LogP contribution in [0.2, 0.25) is 0 Å². The fourth-order valence-electron chi connectivity index (χ4n) is 2.58. The maximum atomic E-state index is 12.4. The van der Waals surface area contributed by atoms with Gasteiger partial charge in [-0.25, -0.2) is 4.98 Å². The van der Waals surface area contributed by atoms with Crippen molar-refractivity contribution in [3.8, 4) is 0 Å². The molecule has 0 spiro atoms. The summed E-state index contributed by atoms with van der Waals surface area (Å²) in [5.74, 6) is 1.23. The number of benzene rings is 2. The first-order valence-corrected chi connectivity index (χ1v) is 9.73. The second-order valence-corrected chi connectivity index (χ2v) is 7.57. The number of nitrogens with one attached hydrogen (secondary N) is 1. The van der Waals surface area contributed by atoms with Crippen molar-refractivity contribution < 1.29 is 4.79 Å². The van der Waals surface area contributed by atoms with E-state index >= 15 is 0 Å². The number of fused-ring (bicyclic) bond motifs is 1. The van der Waals surface area contributed by atoms with Crippen LogP contribution in [-0.4, -0.2) is 26.7 Å². The molecular weight excluding hydrogens is 350 g/mol. The Kier molecular flexibility index (Phi) is 4.63. The number of H-pyrrole nitrogens is 1. The smallest absolute Gasteiger partial charge is 0.208 e. The van der Waals surface area contributed by atoms with Crippen molar-refractivity contribution in [1.29, 1.82) is 0 Å². The molecule has 0 bridgehead atoms. The molecule has 25 heavy (non-hydrogen) atoms. The highest BCUT2D eigenvalue weighted by atomic mass is 32.2. The number of aromatic nitrogens is 3. The minimum Gasteiger partial charge on any atom is -0.293 e. The lowest BCUT2D eigenvalue weighted by molar-refractivity contribution is 0.102. The standard InChI is InChI=1S/C19H15N3OS2/c23-17(15-8-7-13-4-1-2-5-14(13)10-15)12-25-19-20-18(21-22-19)11-16-6-3-9-24-16/h1-10H,11-12H2,(H,20,21,22). The summed E-state index contributed by atoms with van der Waals surface area (Å²) >= 11 is 3.06. The summed E-state index contributed by atoms with van der Waals surface area (Å²) in [5, 5.41) is 12.0. The van der Waals surface area contributed by atoms with Crippen LogP contribution in [0.4, 0.5) is 0 Å². The van der Waals surface area contributed by atoms with E-state index in [1.54, 1.807) is 11.3 Å². The zero-order valence-electron chi connectivity index (χ0n) is 13.3. The molecule has 1 N–H and O–H groups in total. The highest BCUT2D eigenvalue weighted by Gasteiger charge is 2.11. The molecule has 0 aliphatic rings. The Labute approximate surface area is 153 Å². The number of rotatable bonds is 6. The second-order valence-electron chi connectivity index (χ2n) is 5.59. The summed E-state index contributed by atoms with van der Waals surface area (Å²) in [5.41, 5.74) is 0.723. The summed E-state index contributed by atoms with van der Waals surface area (Å²) < 4.78 is 0. The Bertz CT molecular complexity index is 1010. The number of thioether (sulfide) groups is 1. The van der Waals surface area contributed by atoms with Gasteiger partial charge in [-0.15, -0.1) is 16.4 Å². The molecule has 2 aromatic carbocycles. The molecule has 0 aliphatic carbocycles. The third-order valence-electron chi connectivity index (χ3n) is 3.84. The monoisotopic (exact) mass is 365 g/mol. The van der Waals surface area contributed by atoms with Gasteiger partial charge in [0.25, 0.3) is 0 Å². The van der Waals surface area contributed by atoms with Crippen molar-refractivity contribution in [2.75, 3.05) is 5.75 Å². The zero-order chi connectivity index (χ0) is 17.1. The van der Waals surface area contributed by atoms with Crippen molar-refractivity contribution in [3.63, 3.8) is 0 Å². The molecule has 0 saturated carbocycles. The molecule has 4 aromatic rings. The summed E-state index contributed by atoms with van der Waals surface area (Å²) in [4.78, 5) is 18.1. The van der Waals surface area contributed by atoms with Gasteiger partial charge in [-0.1, -0.05) is 54.2 Å². The molecular formula is C19H15N3OS2. The molecule has 0 fully saturated rings. The van der Waals surface area contributed by atoms with Crippen molar-refractivity contribution in [2.45, 2.75) is 11.6 Å². The molecule has 0 radical (unpaired) electrons. The molecule has 4 nitrogen and oxygen atoms in total. The minimum absolute atomic E-state index is 0.0837. The topological polar surface area (TPSA) is 58.6 Å². The Morgan fingerprint density at radius 1 is 1.08 bits per heavy atom. The number of nitrogens with zero attached hydrogens (tertiary/aromatic N) is 2. The van der Waals surface area contributed by atoms with Crippen LogP contribution < -0.4 is 0 Å². The van der Waals surface area contributed by atoms with Crippen LogP contribution in [0, 0.1) is 0 Å². The predicted molar refractivity (Wildman–Crippen MR) is 103 cm³/mol. The minimum atomic E-state index is 0.0837. The Balaban J connectivity index is 1.40. The van der Waals surface area contributed by atoms with Crippen LogP contribution in [0.1, 0.15) is 21.1 Å². The zero-order valence-corrected chi connectivity index (χ0v) is 14.9. The fourth-order valence-corrected chi connectivity index (χ4v) is 4.00. The van der Waals surface area contributed by atoms with E-state index in [1.165, 1.54) is 16.6 Å². The number of carbonyl (C=O) groups is 1. The number of aromatic amines is 1. The lowest BCUT2D eigenvalue weighted by Crippen LogP contribution is -2.02. The van der Waals surface area contributed by atoms with Crippen LogP contribution in [0.25, 0.3) is 10.8 Å². The SMILES string of the molecule is O=C(CSc1n[nH]c(Cc2cccs2)n1)c1ccc2ccccc2c1. The number of Topliss-reactive ketones (excluding diaryl/α,β-unsaturated/α-hetero) is 1. The fraction of sp³-hybridized carbons (Fsp3) is 0.105. The molecule has 0 unspecified atom stereocenters. The summed E-state index contributed by atoms with van der Waals surface area (Å²) in [6, 6.07) is 17.9. The van der Waals surface area contributed by atoms with Gasteiger partial charge in [-0.05, 0) is 28.3 Å². The van der Waals surface area contributed by atoms with Gasteiger partial charge in [-0.3, -0.25) is 9.89 Å². The van der Waals surface area contributed by atoms with Crippen molar-refractivity contribution in [2.24, 2.45) is 0 Å². The molecule has 0 atom stereocenters. The maximum Gasteiger partial charge on any atom is 0.208 e. The van der Waals surface area contributed by atoms with E-state index < -0.39 is 0 Å². The molecule has 0 aliphatic heterocycles. The Morgan fingerprint density at radius 3 is 2.80 bits per heavy atom. The van der Waals surface area contributed by atoms with Crippen LogP contribution >= 0.6 is 23.1 Å². The van der Waals surface area contributed by atoms with Crippen molar-refractivity contribution in [3.05, 3.63) is 76.2 Å². The Morgan fingerprint density at radius 2 is 1.96 bits per heavy atom. The van der Waals surface area contributed by atoms with Crippen molar-refractivity contribution >= 4 is 39.7 Å². The van der Waals surface area contributed by atoms with Crippen LogP contribution in [0.3, 0.4) is 0 Å².